The molecule has 0 amide bonds. The molecule has 0 spiro atoms. The van der Waals surface area contributed by atoms with Crippen LogP contribution in [0.5, 0.6) is 11.5 Å². The largest absolute Gasteiger partial charge is 0.490 e. The average Bonchev–Trinajstić information content (AvgIpc) is 2.88. The molecule has 0 fully saturated rings. The highest BCUT2D eigenvalue weighted by molar-refractivity contribution is 7.07. The van der Waals surface area contributed by atoms with Crippen molar-refractivity contribution in [2.24, 2.45) is 0 Å². The number of ether oxygens (including phenoxy) is 2. The van der Waals surface area contributed by atoms with E-state index in [0.29, 0.717) is 6.04 Å². The topological polar surface area (TPSA) is 30.5 Å². The average molecular weight is 303 g/mol. The summed E-state index contributed by atoms with van der Waals surface area (Å²) in [6.07, 6.45) is 2.01. The Kier molecular flexibility index (Phi) is 4.78. The number of thiophene rings is 1. The van der Waals surface area contributed by atoms with Crippen molar-refractivity contribution >= 4 is 11.3 Å². The molecule has 112 valence electrons. The van der Waals surface area contributed by atoms with Crippen molar-refractivity contribution in [1.82, 2.24) is 5.32 Å². The summed E-state index contributed by atoms with van der Waals surface area (Å²) in [7, 11) is 0. The Morgan fingerprint density at radius 3 is 2.81 bits per heavy atom. The van der Waals surface area contributed by atoms with Crippen LogP contribution in [0.1, 0.15) is 24.5 Å². The standard InChI is InChI=1S/C17H21NO2S/c1-13(9-15-5-8-21-12-15)18-11-14-3-4-16-17(10-14)20-7-2-6-19-16/h3-5,8,10,12-13,18H,2,6-7,9,11H2,1H3. The first-order chi connectivity index (χ1) is 10.3. The molecule has 0 saturated heterocycles. The van der Waals surface area contributed by atoms with E-state index in [1.54, 1.807) is 11.3 Å². The van der Waals surface area contributed by atoms with Gasteiger partial charge < -0.3 is 14.8 Å². The predicted octanol–water partition coefficient (Wildman–Crippen LogP) is 3.63. The molecule has 0 aliphatic carbocycles. The van der Waals surface area contributed by atoms with Gasteiger partial charge in [0.25, 0.3) is 0 Å². The summed E-state index contributed by atoms with van der Waals surface area (Å²) in [4.78, 5) is 0. The minimum Gasteiger partial charge on any atom is -0.490 e. The van der Waals surface area contributed by atoms with E-state index in [-0.39, 0.29) is 0 Å². The molecular weight excluding hydrogens is 282 g/mol. The van der Waals surface area contributed by atoms with E-state index in [2.05, 4.69) is 41.2 Å². The maximum absolute atomic E-state index is 5.73. The van der Waals surface area contributed by atoms with E-state index in [1.165, 1.54) is 11.1 Å². The number of rotatable bonds is 5. The van der Waals surface area contributed by atoms with Crippen LogP contribution in [0.2, 0.25) is 0 Å². The van der Waals surface area contributed by atoms with Gasteiger partial charge in [-0.3, -0.25) is 0 Å². The smallest absolute Gasteiger partial charge is 0.161 e. The second-order valence-electron chi connectivity index (χ2n) is 5.45. The van der Waals surface area contributed by atoms with Crippen molar-refractivity contribution in [3.63, 3.8) is 0 Å². The molecule has 2 aromatic rings. The van der Waals surface area contributed by atoms with Crippen LogP contribution in [0.4, 0.5) is 0 Å². The first-order valence-electron chi connectivity index (χ1n) is 7.44. The lowest BCUT2D eigenvalue weighted by atomic mass is 10.1. The quantitative estimate of drug-likeness (QED) is 0.915. The van der Waals surface area contributed by atoms with Crippen molar-refractivity contribution in [1.29, 1.82) is 0 Å². The summed E-state index contributed by atoms with van der Waals surface area (Å²) in [5.41, 5.74) is 2.63. The SMILES string of the molecule is CC(Cc1ccsc1)NCc1ccc2c(c1)OCCCO2. The number of hydrogen-bond donors (Lipinski definition) is 1. The molecule has 1 aliphatic rings. The van der Waals surface area contributed by atoms with E-state index in [9.17, 15) is 0 Å². The first-order valence-corrected chi connectivity index (χ1v) is 8.38. The van der Waals surface area contributed by atoms with Gasteiger partial charge in [-0.15, -0.1) is 0 Å². The highest BCUT2D eigenvalue weighted by Crippen LogP contribution is 2.30. The maximum Gasteiger partial charge on any atom is 0.161 e. The fraction of sp³-hybridized carbons (Fsp3) is 0.412. The summed E-state index contributed by atoms with van der Waals surface area (Å²) >= 11 is 1.76. The van der Waals surface area contributed by atoms with E-state index in [1.807, 2.05) is 6.07 Å². The van der Waals surface area contributed by atoms with E-state index < -0.39 is 0 Å². The van der Waals surface area contributed by atoms with Gasteiger partial charge in [-0.1, -0.05) is 6.07 Å². The van der Waals surface area contributed by atoms with Gasteiger partial charge in [-0.05, 0) is 53.4 Å². The molecular formula is C17H21NO2S. The third-order valence-electron chi connectivity index (χ3n) is 3.59. The third kappa shape index (κ3) is 3.99. The Bertz CT molecular complexity index is 568. The van der Waals surface area contributed by atoms with Crippen LogP contribution in [0.3, 0.4) is 0 Å². The van der Waals surface area contributed by atoms with Gasteiger partial charge in [-0.2, -0.15) is 11.3 Å². The molecule has 0 bridgehead atoms. The zero-order valence-corrected chi connectivity index (χ0v) is 13.1. The second-order valence-corrected chi connectivity index (χ2v) is 6.23. The zero-order chi connectivity index (χ0) is 14.5. The van der Waals surface area contributed by atoms with Gasteiger partial charge in [0, 0.05) is 19.0 Å². The van der Waals surface area contributed by atoms with Gasteiger partial charge in [-0.25, -0.2) is 0 Å². The fourth-order valence-electron chi connectivity index (χ4n) is 2.44. The molecule has 0 saturated carbocycles. The van der Waals surface area contributed by atoms with Crippen LogP contribution < -0.4 is 14.8 Å². The van der Waals surface area contributed by atoms with Crippen molar-refractivity contribution in [2.45, 2.75) is 32.4 Å². The van der Waals surface area contributed by atoms with E-state index >= 15 is 0 Å². The van der Waals surface area contributed by atoms with E-state index in [4.69, 9.17) is 9.47 Å². The van der Waals surface area contributed by atoms with Gasteiger partial charge in [0.15, 0.2) is 11.5 Å². The lowest BCUT2D eigenvalue weighted by Gasteiger charge is -2.14. The van der Waals surface area contributed by atoms with Gasteiger partial charge in [0.1, 0.15) is 0 Å². The molecule has 0 radical (unpaired) electrons. The molecule has 2 heterocycles. The molecule has 1 N–H and O–H groups in total. The molecule has 1 aliphatic heterocycles. The monoisotopic (exact) mass is 303 g/mol. The maximum atomic E-state index is 5.73. The van der Waals surface area contributed by atoms with Crippen LogP contribution in [-0.2, 0) is 13.0 Å². The highest BCUT2D eigenvalue weighted by Gasteiger charge is 2.11. The van der Waals surface area contributed by atoms with Gasteiger partial charge in [0.2, 0.25) is 0 Å². The van der Waals surface area contributed by atoms with Crippen LogP contribution >= 0.6 is 11.3 Å². The first kappa shape index (κ1) is 14.4. The number of benzene rings is 1. The number of fused-ring (bicyclic) bond motifs is 1. The van der Waals surface area contributed by atoms with Crippen LogP contribution in [-0.4, -0.2) is 19.3 Å². The third-order valence-corrected chi connectivity index (χ3v) is 4.32. The van der Waals surface area contributed by atoms with Crippen molar-refractivity contribution < 1.29 is 9.47 Å². The molecule has 1 atom stereocenters. The molecule has 1 aromatic heterocycles. The van der Waals surface area contributed by atoms with E-state index in [0.717, 1.165) is 44.1 Å². The molecule has 1 unspecified atom stereocenters. The lowest BCUT2D eigenvalue weighted by molar-refractivity contribution is 0.297. The zero-order valence-electron chi connectivity index (χ0n) is 12.3. The summed E-state index contributed by atoms with van der Waals surface area (Å²) in [6.45, 7) is 4.55. The molecule has 3 rings (SSSR count). The van der Waals surface area contributed by atoms with Crippen LogP contribution in [0.15, 0.2) is 35.0 Å². The summed E-state index contributed by atoms with van der Waals surface area (Å²) in [6, 6.07) is 8.86. The summed E-state index contributed by atoms with van der Waals surface area (Å²) < 4.78 is 11.4. The van der Waals surface area contributed by atoms with Crippen molar-refractivity contribution in [2.75, 3.05) is 13.2 Å². The van der Waals surface area contributed by atoms with Crippen molar-refractivity contribution in [3.8, 4) is 11.5 Å². The normalized spacial score (nSPS) is 15.5. The second kappa shape index (κ2) is 6.96. The minimum atomic E-state index is 0.454. The fourth-order valence-corrected chi connectivity index (χ4v) is 3.13. The van der Waals surface area contributed by atoms with Crippen molar-refractivity contribution in [3.05, 3.63) is 46.2 Å². The predicted molar refractivity (Wildman–Crippen MR) is 86.4 cm³/mol. The Morgan fingerprint density at radius 2 is 2.00 bits per heavy atom. The van der Waals surface area contributed by atoms with Crippen LogP contribution in [0, 0.1) is 0 Å². The van der Waals surface area contributed by atoms with Gasteiger partial charge in [0.05, 0.1) is 13.2 Å². The Balaban J connectivity index is 1.56. The summed E-state index contributed by atoms with van der Waals surface area (Å²) in [5, 5.41) is 7.91. The molecule has 1 aromatic carbocycles. The lowest BCUT2D eigenvalue weighted by Crippen LogP contribution is -2.27. The number of hydrogen-bond acceptors (Lipinski definition) is 4. The number of nitrogens with one attached hydrogen (secondary N) is 1. The van der Waals surface area contributed by atoms with Crippen LogP contribution in [0.25, 0.3) is 0 Å². The Labute approximate surface area is 129 Å². The Morgan fingerprint density at radius 1 is 1.14 bits per heavy atom. The molecule has 21 heavy (non-hydrogen) atoms. The molecule has 4 heteroatoms. The Hall–Kier alpha value is -1.52. The van der Waals surface area contributed by atoms with Gasteiger partial charge >= 0.3 is 0 Å². The highest BCUT2D eigenvalue weighted by atomic mass is 32.1. The molecule has 3 nitrogen and oxygen atoms in total. The summed E-state index contributed by atoms with van der Waals surface area (Å²) in [5.74, 6) is 1.74. The minimum absolute atomic E-state index is 0.454.